The van der Waals surface area contributed by atoms with Crippen molar-refractivity contribution in [2.75, 3.05) is 33.1 Å². The zero-order valence-corrected chi connectivity index (χ0v) is 24.7. The van der Waals surface area contributed by atoms with Gasteiger partial charge in [-0.2, -0.15) is 0 Å². The number of rotatable bonds is 5. The number of carbonyl (C=O) groups excluding carboxylic acids is 3. The summed E-state index contributed by atoms with van der Waals surface area (Å²) in [5, 5.41) is 46.0. The van der Waals surface area contributed by atoms with Gasteiger partial charge in [0.15, 0.2) is 11.5 Å². The number of likely N-dealkylation sites (N-methyl/N-ethyl adjacent to an activating group) is 1. The molecule has 1 aromatic rings. The SMILES string of the molecule is CC/C=C(/C#Cc1cc(N(C)C)c2c(c1O)C(O)=C1C(=O)[C@]3(O)C(O)=C(C(N)=O)C(=O)[C@@H](N(C)C)[C@]3(N)C[C@@H]1C2)CC. The molecule has 11 nitrogen and oxygen atoms in total. The Morgan fingerprint density at radius 3 is 2.33 bits per heavy atom. The number of phenolic OH excluding ortho intramolecular Hbond substituents is 1. The lowest BCUT2D eigenvalue weighted by Crippen LogP contribution is -2.80. The third-order valence-corrected chi connectivity index (χ3v) is 8.56. The lowest BCUT2D eigenvalue weighted by atomic mass is 9.53. The molecule has 0 heterocycles. The Hall–Kier alpha value is -4.11. The van der Waals surface area contributed by atoms with Gasteiger partial charge in [0.25, 0.3) is 5.91 Å². The Bertz CT molecular complexity index is 1560. The Balaban J connectivity index is 2.02. The Kier molecular flexibility index (Phi) is 7.80. The van der Waals surface area contributed by atoms with Crippen LogP contribution in [0.5, 0.6) is 5.75 Å². The second kappa shape index (κ2) is 10.6. The minimum absolute atomic E-state index is 0.0228. The van der Waals surface area contributed by atoms with E-state index < -0.39 is 57.7 Å². The summed E-state index contributed by atoms with van der Waals surface area (Å²) in [5.41, 5.74) is 8.11. The van der Waals surface area contributed by atoms with E-state index in [1.807, 2.05) is 19.9 Å². The van der Waals surface area contributed by atoms with Crippen molar-refractivity contribution in [1.82, 2.24) is 4.90 Å². The fraction of sp³-hybridized carbons (Fsp3) is 0.452. The monoisotopic (exact) mass is 578 g/mol. The van der Waals surface area contributed by atoms with Gasteiger partial charge in [-0.15, -0.1) is 0 Å². The maximum Gasteiger partial charge on any atom is 0.255 e. The molecule has 4 rings (SSSR count). The average Bonchev–Trinajstić information content (AvgIpc) is 2.89. The van der Waals surface area contributed by atoms with Crippen LogP contribution in [-0.2, 0) is 20.8 Å². The van der Waals surface area contributed by atoms with Gasteiger partial charge >= 0.3 is 0 Å². The van der Waals surface area contributed by atoms with Crippen LogP contribution >= 0.6 is 0 Å². The summed E-state index contributed by atoms with van der Waals surface area (Å²) in [6.45, 7) is 3.96. The molecule has 4 atom stereocenters. The van der Waals surface area contributed by atoms with Crippen LogP contribution in [0.2, 0.25) is 0 Å². The number of aliphatic hydroxyl groups excluding tert-OH is 2. The van der Waals surface area contributed by atoms with Crippen molar-refractivity contribution >= 4 is 28.9 Å². The highest BCUT2D eigenvalue weighted by molar-refractivity contribution is 6.25. The van der Waals surface area contributed by atoms with E-state index >= 15 is 0 Å². The first kappa shape index (κ1) is 30.8. The highest BCUT2D eigenvalue weighted by Crippen LogP contribution is 2.54. The number of nitrogens with two attached hydrogens (primary N) is 2. The number of fused-ring (bicyclic) bond motifs is 3. The van der Waals surface area contributed by atoms with Crippen LogP contribution in [0.4, 0.5) is 5.69 Å². The molecule has 42 heavy (non-hydrogen) atoms. The smallest absolute Gasteiger partial charge is 0.255 e. The molecule has 0 radical (unpaired) electrons. The van der Waals surface area contributed by atoms with E-state index in [9.17, 15) is 34.8 Å². The first-order valence-electron chi connectivity index (χ1n) is 13.8. The number of nitrogens with zero attached hydrogens (tertiary/aromatic N) is 2. The van der Waals surface area contributed by atoms with Gasteiger partial charge in [0.1, 0.15) is 17.1 Å². The standard InChI is InChI=1S/C31H38N4O7/c1-7-9-15(8-2)10-11-16-13-19(34(3)4)18-12-17-14-30(33)26(35(5)6)25(38)22(29(32)41)28(40)31(30,42)27(39)20(17)24(37)21(18)23(16)36/h9,13,17,26,36-37,40,42H,7-8,12,14,33H2,1-6H3,(H2,32,41)/b15-9+/t17-,26+,30+,31-/m0/s1. The van der Waals surface area contributed by atoms with Gasteiger partial charge in [0.2, 0.25) is 11.4 Å². The summed E-state index contributed by atoms with van der Waals surface area (Å²) in [6.07, 6.45) is 3.35. The van der Waals surface area contributed by atoms with E-state index in [1.54, 1.807) is 25.1 Å². The topological polar surface area (TPSA) is 191 Å². The van der Waals surface area contributed by atoms with Crippen LogP contribution in [0.25, 0.3) is 5.76 Å². The maximum absolute atomic E-state index is 14.2. The van der Waals surface area contributed by atoms with Crippen molar-refractivity contribution in [3.8, 4) is 17.6 Å². The quantitative estimate of drug-likeness (QED) is 0.219. The third-order valence-electron chi connectivity index (χ3n) is 8.56. The number of hydrogen-bond donors (Lipinski definition) is 6. The molecular formula is C31H38N4O7. The lowest BCUT2D eigenvalue weighted by molar-refractivity contribution is -0.157. The summed E-state index contributed by atoms with van der Waals surface area (Å²) < 4.78 is 0. The summed E-state index contributed by atoms with van der Waals surface area (Å²) >= 11 is 0. The van der Waals surface area contributed by atoms with Gasteiger partial charge in [-0.3, -0.25) is 19.3 Å². The molecular weight excluding hydrogens is 540 g/mol. The number of primary amides is 1. The minimum Gasteiger partial charge on any atom is -0.508 e. The van der Waals surface area contributed by atoms with E-state index in [-0.39, 0.29) is 35.3 Å². The lowest BCUT2D eigenvalue weighted by Gasteiger charge is -2.56. The molecule has 0 saturated heterocycles. The highest BCUT2D eigenvalue weighted by atomic mass is 16.4. The van der Waals surface area contributed by atoms with Crippen LogP contribution in [0.1, 0.15) is 49.8 Å². The van der Waals surface area contributed by atoms with E-state index in [2.05, 4.69) is 11.8 Å². The Morgan fingerprint density at radius 2 is 1.81 bits per heavy atom. The molecule has 11 heteroatoms. The van der Waals surface area contributed by atoms with Crippen molar-refractivity contribution in [3.05, 3.63) is 51.3 Å². The average molecular weight is 579 g/mol. The molecule has 0 aromatic heterocycles. The number of ketones is 2. The summed E-state index contributed by atoms with van der Waals surface area (Å²) in [5.74, 6) is -0.381. The number of hydrogen-bond acceptors (Lipinski definition) is 10. The largest absolute Gasteiger partial charge is 0.508 e. The number of phenols is 1. The van der Waals surface area contributed by atoms with Crippen LogP contribution < -0.4 is 16.4 Å². The molecule has 0 bridgehead atoms. The van der Waals surface area contributed by atoms with Crippen LogP contribution in [0.15, 0.2) is 34.6 Å². The van der Waals surface area contributed by atoms with Crippen LogP contribution in [-0.4, -0.2) is 88.2 Å². The first-order valence-corrected chi connectivity index (χ1v) is 13.8. The number of amides is 1. The van der Waals surface area contributed by atoms with Gasteiger partial charge < -0.3 is 36.8 Å². The zero-order valence-electron chi connectivity index (χ0n) is 24.7. The van der Waals surface area contributed by atoms with Crippen molar-refractivity contribution < 1.29 is 34.8 Å². The molecule has 0 unspecified atom stereocenters. The zero-order chi connectivity index (χ0) is 31.5. The van der Waals surface area contributed by atoms with Gasteiger partial charge in [-0.25, -0.2) is 0 Å². The van der Waals surface area contributed by atoms with Gasteiger partial charge in [-0.1, -0.05) is 31.8 Å². The van der Waals surface area contributed by atoms with E-state index in [0.717, 1.165) is 12.0 Å². The molecule has 224 valence electrons. The van der Waals surface area contributed by atoms with E-state index in [4.69, 9.17) is 11.5 Å². The van der Waals surface area contributed by atoms with Gasteiger partial charge in [0, 0.05) is 25.4 Å². The Morgan fingerprint density at radius 1 is 1.17 bits per heavy atom. The first-order chi connectivity index (χ1) is 19.6. The van der Waals surface area contributed by atoms with Gasteiger partial charge in [-0.05, 0) is 62.9 Å². The number of benzene rings is 1. The predicted octanol–water partition coefficient (Wildman–Crippen LogP) is 1.21. The van der Waals surface area contributed by atoms with Gasteiger partial charge in [0.05, 0.1) is 22.7 Å². The normalized spacial score (nSPS) is 27.3. The Labute approximate surface area is 244 Å². The summed E-state index contributed by atoms with van der Waals surface area (Å²) in [7, 11) is 6.57. The second-order valence-electron chi connectivity index (χ2n) is 11.5. The summed E-state index contributed by atoms with van der Waals surface area (Å²) in [4.78, 5) is 42.9. The molecule has 0 aliphatic heterocycles. The number of Topliss-reactive ketones (excluding diaryl/α,β-unsaturated/α-hetero) is 2. The fourth-order valence-electron chi connectivity index (χ4n) is 6.68. The number of anilines is 1. The molecule has 3 aliphatic carbocycles. The predicted molar refractivity (Wildman–Crippen MR) is 158 cm³/mol. The number of aliphatic hydroxyl groups is 3. The van der Waals surface area contributed by atoms with E-state index in [1.165, 1.54) is 19.0 Å². The van der Waals surface area contributed by atoms with Crippen molar-refractivity contribution in [1.29, 1.82) is 0 Å². The molecule has 1 aromatic carbocycles. The molecule has 1 saturated carbocycles. The van der Waals surface area contributed by atoms with Crippen molar-refractivity contribution in [3.63, 3.8) is 0 Å². The maximum atomic E-state index is 14.2. The van der Waals surface area contributed by atoms with Crippen molar-refractivity contribution in [2.45, 2.75) is 56.7 Å². The van der Waals surface area contributed by atoms with E-state index in [0.29, 0.717) is 17.7 Å². The third kappa shape index (κ3) is 4.21. The highest BCUT2D eigenvalue weighted by Gasteiger charge is 2.71. The van der Waals surface area contributed by atoms with Crippen LogP contribution in [0.3, 0.4) is 0 Å². The fourth-order valence-corrected chi connectivity index (χ4v) is 6.68. The molecule has 1 amide bonds. The van der Waals surface area contributed by atoms with Crippen LogP contribution in [0, 0.1) is 17.8 Å². The second-order valence-corrected chi connectivity index (χ2v) is 11.5. The summed E-state index contributed by atoms with van der Waals surface area (Å²) in [6, 6.07) is 0.302. The molecule has 0 spiro atoms. The number of allylic oxidation sites excluding steroid dienone is 2. The number of carbonyl (C=O) groups is 3. The molecule has 1 fully saturated rings. The molecule has 8 N–H and O–H groups in total. The van der Waals surface area contributed by atoms with Crippen molar-refractivity contribution in [2.24, 2.45) is 17.4 Å². The number of aromatic hydroxyl groups is 1. The minimum atomic E-state index is -2.96. The molecule has 3 aliphatic rings.